The first kappa shape index (κ1) is 13.1. The van der Waals surface area contributed by atoms with Crippen molar-refractivity contribution in [1.82, 2.24) is 14.7 Å². The summed E-state index contributed by atoms with van der Waals surface area (Å²) in [6.45, 7) is 9.49. The average Bonchev–Trinajstić information content (AvgIpc) is 2.65. The molecule has 0 unspecified atom stereocenters. The van der Waals surface area contributed by atoms with Crippen molar-refractivity contribution in [3.8, 4) is 0 Å². The van der Waals surface area contributed by atoms with Gasteiger partial charge >= 0.3 is 0 Å². The van der Waals surface area contributed by atoms with Crippen molar-refractivity contribution in [3.63, 3.8) is 0 Å². The van der Waals surface area contributed by atoms with Crippen LogP contribution in [0.5, 0.6) is 0 Å². The third-order valence-electron chi connectivity index (χ3n) is 3.10. The lowest BCUT2D eigenvalue weighted by molar-refractivity contribution is 0.584. The molecule has 0 aromatic carbocycles. The molecule has 98 valence electrons. The number of pyridine rings is 1. The van der Waals surface area contributed by atoms with Crippen molar-refractivity contribution in [2.45, 2.75) is 53.1 Å². The number of hydrogen-bond acceptors (Lipinski definition) is 2. The van der Waals surface area contributed by atoms with Gasteiger partial charge in [-0.2, -0.15) is 0 Å². The molecule has 1 N–H and O–H groups in total. The summed E-state index contributed by atoms with van der Waals surface area (Å²) in [4.78, 5) is 4.79. The quantitative estimate of drug-likeness (QED) is 0.877. The topological polar surface area (TPSA) is 29.3 Å². The number of nitrogens with one attached hydrogen (secondary N) is 1. The lowest BCUT2D eigenvalue weighted by Crippen LogP contribution is -2.22. The van der Waals surface area contributed by atoms with Crippen molar-refractivity contribution < 1.29 is 0 Å². The van der Waals surface area contributed by atoms with E-state index in [4.69, 9.17) is 4.98 Å². The zero-order valence-electron chi connectivity index (χ0n) is 11.8. The molecule has 2 aromatic rings. The van der Waals surface area contributed by atoms with Crippen LogP contribution in [-0.2, 0) is 13.0 Å². The van der Waals surface area contributed by atoms with Gasteiger partial charge in [-0.15, -0.1) is 0 Å². The minimum Gasteiger partial charge on any atom is -0.309 e. The molecule has 0 radical (unpaired) electrons. The van der Waals surface area contributed by atoms with Crippen molar-refractivity contribution in [3.05, 3.63) is 35.4 Å². The molecule has 0 fully saturated rings. The van der Waals surface area contributed by atoms with Gasteiger partial charge in [-0.3, -0.25) is 0 Å². The monoisotopic (exact) mass is 245 g/mol. The van der Waals surface area contributed by atoms with E-state index in [1.165, 1.54) is 16.9 Å². The Hall–Kier alpha value is -1.35. The molecule has 18 heavy (non-hydrogen) atoms. The molecule has 3 nitrogen and oxygen atoms in total. The lowest BCUT2D eigenvalue weighted by atomic mass is 10.2. The predicted molar refractivity (Wildman–Crippen MR) is 75.9 cm³/mol. The van der Waals surface area contributed by atoms with Gasteiger partial charge in [0.05, 0.1) is 11.2 Å². The Balaban J connectivity index is 2.41. The van der Waals surface area contributed by atoms with Crippen LogP contribution < -0.4 is 5.32 Å². The molecule has 2 aromatic heterocycles. The Kier molecular flexibility index (Phi) is 4.02. The van der Waals surface area contributed by atoms with Gasteiger partial charge in [-0.05, 0) is 31.0 Å². The van der Waals surface area contributed by atoms with E-state index in [0.29, 0.717) is 6.04 Å². The number of hydrogen-bond donors (Lipinski definition) is 1. The molecule has 3 heteroatoms. The standard InChI is InChI=1S/C15H23N3/c1-5-6-15-17-13(10-16-11(2)3)14-9-12(4)7-8-18(14)15/h7-9,11,16H,5-6,10H2,1-4H3. The Morgan fingerprint density at radius 2 is 2.17 bits per heavy atom. The molecular formula is C15H23N3. The summed E-state index contributed by atoms with van der Waals surface area (Å²) in [6, 6.07) is 4.86. The smallest absolute Gasteiger partial charge is 0.113 e. The van der Waals surface area contributed by atoms with Crippen LogP contribution in [-0.4, -0.2) is 15.4 Å². The maximum Gasteiger partial charge on any atom is 0.113 e. The van der Waals surface area contributed by atoms with Crippen LogP contribution in [0.15, 0.2) is 18.3 Å². The van der Waals surface area contributed by atoms with Crippen molar-refractivity contribution >= 4 is 5.52 Å². The first-order valence-electron chi connectivity index (χ1n) is 6.81. The highest BCUT2D eigenvalue weighted by Crippen LogP contribution is 2.16. The largest absolute Gasteiger partial charge is 0.309 e. The lowest BCUT2D eigenvalue weighted by Gasteiger charge is -2.06. The fourth-order valence-electron chi connectivity index (χ4n) is 2.15. The summed E-state index contributed by atoms with van der Waals surface area (Å²) in [7, 11) is 0. The fourth-order valence-corrected chi connectivity index (χ4v) is 2.15. The molecule has 0 saturated carbocycles. The van der Waals surface area contributed by atoms with Crippen molar-refractivity contribution in [2.24, 2.45) is 0 Å². The highest BCUT2D eigenvalue weighted by molar-refractivity contribution is 5.55. The second-order valence-corrected chi connectivity index (χ2v) is 5.22. The van der Waals surface area contributed by atoms with E-state index in [-0.39, 0.29) is 0 Å². The molecule has 0 aliphatic heterocycles. The van der Waals surface area contributed by atoms with Gasteiger partial charge in [0.2, 0.25) is 0 Å². The van der Waals surface area contributed by atoms with Crippen LogP contribution in [0.3, 0.4) is 0 Å². The maximum absolute atomic E-state index is 4.79. The average molecular weight is 245 g/mol. The summed E-state index contributed by atoms with van der Waals surface area (Å²) in [6.07, 6.45) is 4.30. The van der Waals surface area contributed by atoms with Crippen LogP contribution in [0, 0.1) is 6.92 Å². The van der Waals surface area contributed by atoms with Gasteiger partial charge in [0.1, 0.15) is 5.82 Å². The zero-order valence-corrected chi connectivity index (χ0v) is 11.8. The molecule has 0 amide bonds. The molecule has 2 heterocycles. The minimum absolute atomic E-state index is 0.487. The third-order valence-corrected chi connectivity index (χ3v) is 3.10. The van der Waals surface area contributed by atoms with Crippen molar-refractivity contribution in [2.75, 3.05) is 0 Å². The highest BCUT2D eigenvalue weighted by atomic mass is 15.0. The summed E-state index contributed by atoms with van der Waals surface area (Å²) in [5, 5.41) is 3.45. The molecule has 0 saturated heterocycles. The van der Waals surface area contributed by atoms with E-state index < -0.39 is 0 Å². The van der Waals surface area contributed by atoms with E-state index in [0.717, 1.165) is 25.1 Å². The SMILES string of the molecule is CCCc1nc(CNC(C)C)c2cc(C)ccn12. The van der Waals surface area contributed by atoms with Gasteiger partial charge in [0.25, 0.3) is 0 Å². The fraction of sp³-hybridized carbons (Fsp3) is 0.533. The van der Waals surface area contributed by atoms with Gasteiger partial charge in [0.15, 0.2) is 0 Å². The number of aryl methyl sites for hydroxylation is 2. The predicted octanol–water partition coefficient (Wildman–Crippen LogP) is 3.09. The second-order valence-electron chi connectivity index (χ2n) is 5.22. The second kappa shape index (κ2) is 5.53. The zero-order chi connectivity index (χ0) is 13.1. The Bertz CT molecular complexity index is 526. The van der Waals surface area contributed by atoms with Crippen LogP contribution in [0.4, 0.5) is 0 Å². The Morgan fingerprint density at radius 1 is 1.39 bits per heavy atom. The first-order valence-corrected chi connectivity index (χ1v) is 6.81. The first-order chi connectivity index (χ1) is 8.61. The molecule has 0 aliphatic carbocycles. The molecule has 0 bridgehead atoms. The molecule has 2 rings (SSSR count). The van der Waals surface area contributed by atoms with Gasteiger partial charge in [0, 0.05) is 25.2 Å². The van der Waals surface area contributed by atoms with Crippen LogP contribution in [0.1, 0.15) is 44.3 Å². The van der Waals surface area contributed by atoms with Gasteiger partial charge in [-0.1, -0.05) is 20.8 Å². The highest BCUT2D eigenvalue weighted by Gasteiger charge is 2.10. The number of aromatic nitrogens is 2. The van der Waals surface area contributed by atoms with Gasteiger partial charge < -0.3 is 9.72 Å². The molecular weight excluding hydrogens is 222 g/mol. The van der Waals surface area contributed by atoms with E-state index in [1.807, 2.05) is 0 Å². The summed E-state index contributed by atoms with van der Waals surface area (Å²) in [5.41, 5.74) is 3.69. The Morgan fingerprint density at radius 3 is 2.83 bits per heavy atom. The number of nitrogens with zero attached hydrogens (tertiary/aromatic N) is 2. The molecule has 0 spiro atoms. The normalized spacial score (nSPS) is 11.6. The molecule has 0 atom stereocenters. The number of imidazole rings is 1. The number of rotatable bonds is 5. The van der Waals surface area contributed by atoms with E-state index in [1.54, 1.807) is 0 Å². The Labute approximate surface area is 109 Å². The minimum atomic E-state index is 0.487. The molecule has 0 aliphatic rings. The van der Waals surface area contributed by atoms with E-state index in [2.05, 4.69) is 55.7 Å². The summed E-state index contributed by atoms with van der Waals surface area (Å²) in [5.74, 6) is 1.17. The van der Waals surface area contributed by atoms with Crippen LogP contribution >= 0.6 is 0 Å². The van der Waals surface area contributed by atoms with Gasteiger partial charge in [-0.25, -0.2) is 4.98 Å². The number of fused-ring (bicyclic) bond motifs is 1. The summed E-state index contributed by atoms with van der Waals surface area (Å²) >= 11 is 0. The maximum atomic E-state index is 4.79. The van der Waals surface area contributed by atoms with E-state index in [9.17, 15) is 0 Å². The third kappa shape index (κ3) is 2.72. The van der Waals surface area contributed by atoms with E-state index >= 15 is 0 Å². The summed E-state index contributed by atoms with van der Waals surface area (Å²) < 4.78 is 2.23. The van der Waals surface area contributed by atoms with Crippen molar-refractivity contribution in [1.29, 1.82) is 0 Å². The van der Waals surface area contributed by atoms with Crippen LogP contribution in [0.2, 0.25) is 0 Å². The van der Waals surface area contributed by atoms with Crippen LogP contribution in [0.25, 0.3) is 5.52 Å².